The SMILES string of the molecule is CCCCCCN(CCCCCC)C(=O)c1csc(N)n1. The number of nitrogen functional groups attached to an aromatic ring is 1. The molecule has 0 atom stereocenters. The Morgan fingerprint density at radius 1 is 1.10 bits per heavy atom. The molecular formula is C16H29N3OS. The van der Waals surface area contributed by atoms with Crippen LogP contribution in [0.5, 0.6) is 0 Å². The van der Waals surface area contributed by atoms with Gasteiger partial charge in [-0.3, -0.25) is 4.79 Å². The van der Waals surface area contributed by atoms with Crippen molar-refractivity contribution in [3.63, 3.8) is 0 Å². The first-order valence-corrected chi connectivity index (χ1v) is 9.07. The summed E-state index contributed by atoms with van der Waals surface area (Å²) in [4.78, 5) is 18.6. The predicted molar refractivity (Wildman–Crippen MR) is 90.7 cm³/mol. The number of carbonyl (C=O) groups is 1. The standard InChI is InChI=1S/C16H29N3OS/c1-3-5-7-9-11-19(12-10-8-6-4-2)15(20)14-13-21-16(17)18-14/h13H,3-12H2,1-2H3,(H2,17,18). The third kappa shape index (κ3) is 6.93. The van der Waals surface area contributed by atoms with E-state index in [1.807, 2.05) is 4.90 Å². The van der Waals surface area contributed by atoms with E-state index < -0.39 is 0 Å². The van der Waals surface area contributed by atoms with E-state index in [1.165, 1.54) is 49.9 Å². The molecule has 0 radical (unpaired) electrons. The van der Waals surface area contributed by atoms with E-state index in [-0.39, 0.29) is 5.91 Å². The van der Waals surface area contributed by atoms with Crippen molar-refractivity contribution in [3.8, 4) is 0 Å². The number of nitrogens with two attached hydrogens (primary N) is 1. The molecule has 0 unspecified atom stereocenters. The molecule has 1 aromatic rings. The summed E-state index contributed by atoms with van der Waals surface area (Å²) < 4.78 is 0. The van der Waals surface area contributed by atoms with E-state index >= 15 is 0 Å². The van der Waals surface area contributed by atoms with E-state index in [9.17, 15) is 4.79 Å². The van der Waals surface area contributed by atoms with Gasteiger partial charge in [0.05, 0.1) is 0 Å². The van der Waals surface area contributed by atoms with Crippen molar-refractivity contribution in [2.45, 2.75) is 65.2 Å². The zero-order valence-corrected chi connectivity index (χ0v) is 14.3. The highest BCUT2D eigenvalue weighted by molar-refractivity contribution is 7.13. The lowest BCUT2D eigenvalue weighted by atomic mass is 10.1. The molecule has 1 amide bonds. The number of nitrogens with zero attached hydrogens (tertiary/aromatic N) is 2. The van der Waals surface area contributed by atoms with Crippen LogP contribution in [0.3, 0.4) is 0 Å². The van der Waals surface area contributed by atoms with Crippen molar-refractivity contribution in [1.29, 1.82) is 0 Å². The van der Waals surface area contributed by atoms with E-state index in [1.54, 1.807) is 5.38 Å². The van der Waals surface area contributed by atoms with Gasteiger partial charge in [-0.1, -0.05) is 52.4 Å². The van der Waals surface area contributed by atoms with Crippen LogP contribution < -0.4 is 5.73 Å². The molecule has 5 heteroatoms. The third-order valence-electron chi connectivity index (χ3n) is 3.59. The van der Waals surface area contributed by atoms with Crippen molar-refractivity contribution in [2.75, 3.05) is 18.8 Å². The summed E-state index contributed by atoms with van der Waals surface area (Å²) in [5.74, 6) is 0.0379. The zero-order chi connectivity index (χ0) is 15.5. The highest BCUT2D eigenvalue weighted by Crippen LogP contribution is 2.15. The van der Waals surface area contributed by atoms with Gasteiger partial charge < -0.3 is 10.6 Å². The van der Waals surface area contributed by atoms with Crippen LogP contribution in [0.1, 0.15) is 75.7 Å². The van der Waals surface area contributed by atoms with Gasteiger partial charge in [-0.15, -0.1) is 11.3 Å². The number of hydrogen-bond donors (Lipinski definition) is 1. The summed E-state index contributed by atoms with van der Waals surface area (Å²) in [7, 11) is 0. The molecule has 0 spiro atoms. The van der Waals surface area contributed by atoms with E-state index in [0.717, 1.165) is 25.9 Å². The fraction of sp³-hybridized carbons (Fsp3) is 0.750. The first-order chi connectivity index (χ1) is 10.2. The van der Waals surface area contributed by atoms with E-state index in [4.69, 9.17) is 5.73 Å². The second-order valence-electron chi connectivity index (χ2n) is 5.48. The van der Waals surface area contributed by atoms with Crippen LogP contribution in [0.4, 0.5) is 5.13 Å². The molecule has 0 aliphatic heterocycles. The van der Waals surface area contributed by atoms with Crippen molar-refractivity contribution >= 4 is 22.4 Å². The van der Waals surface area contributed by atoms with E-state index in [0.29, 0.717) is 10.8 Å². The van der Waals surface area contributed by atoms with Crippen molar-refractivity contribution < 1.29 is 4.79 Å². The lowest BCUT2D eigenvalue weighted by Gasteiger charge is -2.22. The molecule has 0 saturated heterocycles. The average Bonchev–Trinajstić information content (AvgIpc) is 2.91. The Balaban J connectivity index is 2.50. The topological polar surface area (TPSA) is 59.2 Å². The highest BCUT2D eigenvalue weighted by Gasteiger charge is 2.17. The number of hydrogen-bond acceptors (Lipinski definition) is 4. The molecule has 0 aliphatic carbocycles. The van der Waals surface area contributed by atoms with Crippen molar-refractivity contribution in [3.05, 3.63) is 11.1 Å². The first kappa shape index (κ1) is 18.0. The third-order valence-corrected chi connectivity index (χ3v) is 4.27. The zero-order valence-electron chi connectivity index (χ0n) is 13.4. The van der Waals surface area contributed by atoms with Crippen LogP contribution in [0.15, 0.2) is 5.38 Å². The maximum absolute atomic E-state index is 12.5. The smallest absolute Gasteiger partial charge is 0.273 e. The van der Waals surface area contributed by atoms with Crippen LogP contribution in [-0.2, 0) is 0 Å². The quantitative estimate of drug-likeness (QED) is 0.619. The van der Waals surface area contributed by atoms with Crippen LogP contribution in [-0.4, -0.2) is 28.9 Å². The van der Waals surface area contributed by atoms with Crippen LogP contribution in [0, 0.1) is 0 Å². The number of rotatable bonds is 11. The number of carbonyl (C=O) groups excluding carboxylic acids is 1. The number of unbranched alkanes of at least 4 members (excludes halogenated alkanes) is 6. The van der Waals surface area contributed by atoms with Gasteiger partial charge in [-0.05, 0) is 12.8 Å². The van der Waals surface area contributed by atoms with E-state index in [2.05, 4.69) is 18.8 Å². The molecule has 0 aromatic carbocycles. The molecule has 1 heterocycles. The molecule has 0 saturated carbocycles. The Hall–Kier alpha value is -1.10. The van der Waals surface area contributed by atoms with Gasteiger partial charge in [0.15, 0.2) is 5.13 Å². The summed E-state index contributed by atoms with van der Waals surface area (Å²) in [6.07, 6.45) is 9.44. The summed E-state index contributed by atoms with van der Waals surface area (Å²) >= 11 is 1.33. The van der Waals surface area contributed by atoms with Gasteiger partial charge >= 0.3 is 0 Å². The first-order valence-electron chi connectivity index (χ1n) is 8.19. The molecule has 1 aromatic heterocycles. The highest BCUT2D eigenvalue weighted by atomic mass is 32.1. The molecule has 4 nitrogen and oxygen atoms in total. The molecule has 21 heavy (non-hydrogen) atoms. The minimum Gasteiger partial charge on any atom is -0.375 e. The molecule has 120 valence electrons. The Morgan fingerprint density at radius 2 is 1.67 bits per heavy atom. The van der Waals surface area contributed by atoms with Gasteiger partial charge in [-0.25, -0.2) is 4.98 Å². The van der Waals surface area contributed by atoms with Crippen LogP contribution in [0.2, 0.25) is 0 Å². The molecule has 1 rings (SSSR count). The minimum absolute atomic E-state index is 0.0379. The lowest BCUT2D eigenvalue weighted by molar-refractivity contribution is 0.0744. The lowest BCUT2D eigenvalue weighted by Crippen LogP contribution is -2.33. The van der Waals surface area contributed by atoms with Gasteiger partial charge in [-0.2, -0.15) is 0 Å². The van der Waals surface area contributed by atoms with Gasteiger partial charge in [0.1, 0.15) is 5.69 Å². The van der Waals surface area contributed by atoms with Crippen LogP contribution >= 0.6 is 11.3 Å². The molecule has 0 aliphatic rings. The molecular weight excluding hydrogens is 282 g/mol. The van der Waals surface area contributed by atoms with Crippen molar-refractivity contribution in [2.24, 2.45) is 0 Å². The predicted octanol–water partition coefficient (Wildman–Crippen LogP) is 4.33. The summed E-state index contributed by atoms with van der Waals surface area (Å²) in [6, 6.07) is 0. The Kier molecular flexibility index (Phi) is 9.06. The summed E-state index contributed by atoms with van der Waals surface area (Å²) in [5, 5.41) is 2.23. The number of amides is 1. The molecule has 0 bridgehead atoms. The largest absolute Gasteiger partial charge is 0.375 e. The minimum atomic E-state index is 0.0379. The Labute approximate surface area is 132 Å². The maximum atomic E-state index is 12.5. The Morgan fingerprint density at radius 3 is 2.10 bits per heavy atom. The number of anilines is 1. The summed E-state index contributed by atoms with van der Waals surface area (Å²) in [6.45, 7) is 6.07. The number of thiazole rings is 1. The second kappa shape index (κ2) is 10.6. The number of aromatic nitrogens is 1. The van der Waals surface area contributed by atoms with Crippen LogP contribution in [0.25, 0.3) is 0 Å². The van der Waals surface area contributed by atoms with Gasteiger partial charge in [0.2, 0.25) is 0 Å². The van der Waals surface area contributed by atoms with Gasteiger partial charge in [0, 0.05) is 18.5 Å². The summed E-state index contributed by atoms with van der Waals surface area (Å²) in [5.41, 5.74) is 6.14. The second-order valence-corrected chi connectivity index (χ2v) is 6.37. The fourth-order valence-corrected chi connectivity index (χ4v) is 2.86. The normalized spacial score (nSPS) is 10.8. The van der Waals surface area contributed by atoms with Gasteiger partial charge in [0.25, 0.3) is 5.91 Å². The molecule has 2 N–H and O–H groups in total. The maximum Gasteiger partial charge on any atom is 0.273 e. The average molecular weight is 311 g/mol. The Bertz CT molecular complexity index is 394. The van der Waals surface area contributed by atoms with Crippen molar-refractivity contribution in [1.82, 2.24) is 9.88 Å². The monoisotopic (exact) mass is 311 g/mol. The fourth-order valence-electron chi connectivity index (χ4n) is 2.32. The molecule has 0 fully saturated rings.